The number of amides is 1. The number of nitrogens with zero attached hydrogens (tertiary/aromatic N) is 4. The van der Waals surface area contributed by atoms with Crippen molar-refractivity contribution >= 4 is 27.7 Å². The zero-order chi connectivity index (χ0) is 25.9. The third-order valence-corrected chi connectivity index (χ3v) is 8.60. The monoisotopic (exact) mass is 516 g/mol. The number of hydrogen-bond acceptors (Lipinski definition) is 6. The Morgan fingerprint density at radius 3 is 2.28 bits per heavy atom. The number of aromatic nitrogens is 2. The molecule has 10 heteroatoms. The third kappa shape index (κ3) is 5.81. The molecule has 1 amide bonds. The summed E-state index contributed by atoms with van der Waals surface area (Å²) < 4.78 is 32.6. The number of esters is 1. The highest BCUT2D eigenvalue weighted by atomic mass is 32.2. The van der Waals surface area contributed by atoms with E-state index in [9.17, 15) is 18.0 Å². The first-order valence-corrected chi connectivity index (χ1v) is 14.6. The van der Waals surface area contributed by atoms with Crippen molar-refractivity contribution in [3.63, 3.8) is 0 Å². The van der Waals surface area contributed by atoms with Crippen LogP contribution in [0.15, 0.2) is 36.5 Å². The summed E-state index contributed by atoms with van der Waals surface area (Å²) in [6.45, 7) is 4.80. The van der Waals surface area contributed by atoms with Crippen molar-refractivity contribution in [2.24, 2.45) is 11.8 Å². The van der Waals surface area contributed by atoms with Gasteiger partial charge in [0.2, 0.25) is 15.9 Å². The predicted octanol–water partition coefficient (Wildman–Crippen LogP) is 3.63. The molecule has 0 radical (unpaired) electrons. The number of piperidine rings is 1. The molecule has 1 aromatic carbocycles. The van der Waals surface area contributed by atoms with E-state index in [-0.39, 0.29) is 30.0 Å². The highest BCUT2D eigenvalue weighted by Gasteiger charge is 2.39. The van der Waals surface area contributed by atoms with Crippen molar-refractivity contribution in [2.45, 2.75) is 58.4 Å². The minimum atomic E-state index is -3.31. The molecule has 2 heterocycles. The highest BCUT2D eigenvalue weighted by Crippen LogP contribution is 2.35. The van der Waals surface area contributed by atoms with E-state index in [0.29, 0.717) is 37.7 Å². The van der Waals surface area contributed by atoms with E-state index in [1.165, 1.54) is 10.6 Å². The van der Waals surface area contributed by atoms with Crippen LogP contribution in [-0.4, -0.2) is 66.4 Å². The second-order valence-electron chi connectivity index (χ2n) is 9.93. The lowest BCUT2D eigenvalue weighted by Crippen LogP contribution is -2.51. The summed E-state index contributed by atoms with van der Waals surface area (Å²) in [6.07, 6.45) is 7.35. The number of ether oxygens (including phenoxy) is 1. The third-order valence-electron chi connectivity index (χ3n) is 7.30. The van der Waals surface area contributed by atoms with E-state index in [2.05, 4.69) is 6.92 Å². The molecule has 2 fully saturated rings. The van der Waals surface area contributed by atoms with Crippen LogP contribution >= 0.6 is 0 Å². The summed E-state index contributed by atoms with van der Waals surface area (Å²) in [5, 5.41) is 4.75. The van der Waals surface area contributed by atoms with Gasteiger partial charge in [-0.2, -0.15) is 0 Å². The van der Waals surface area contributed by atoms with Crippen LogP contribution in [-0.2, 0) is 19.6 Å². The van der Waals surface area contributed by atoms with Crippen LogP contribution in [0.1, 0.15) is 62.7 Å². The van der Waals surface area contributed by atoms with Crippen molar-refractivity contribution in [2.75, 3.05) is 30.9 Å². The summed E-state index contributed by atoms with van der Waals surface area (Å²) in [7, 11) is -3.31. The lowest BCUT2D eigenvalue weighted by molar-refractivity contribution is -0.124. The van der Waals surface area contributed by atoms with Gasteiger partial charge >= 0.3 is 5.97 Å². The first kappa shape index (κ1) is 26.3. The van der Waals surface area contributed by atoms with Crippen molar-refractivity contribution in [1.29, 1.82) is 0 Å². The van der Waals surface area contributed by atoms with Crippen LogP contribution in [0.25, 0.3) is 5.69 Å². The lowest BCUT2D eigenvalue weighted by Gasteiger charge is -2.39. The SMILES string of the molecule is CCOC(=O)c1cn(-c2ccccc2)nc1N(C(=O)[C@H]1CC[C@H](C)CC1)C1CCN(S(C)(=O)=O)CC1. The highest BCUT2D eigenvalue weighted by molar-refractivity contribution is 7.88. The number of hydrogen-bond donors (Lipinski definition) is 0. The zero-order valence-electron chi connectivity index (χ0n) is 21.3. The predicted molar refractivity (Wildman–Crippen MR) is 138 cm³/mol. The number of carbonyl (C=O) groups excluding carboxylic acids is 2. The molecule has 1 aliphatic carbocycles. The number of sulfonamides is 1. The molecule has 36 heavy (non-hydrogen) atoms. The molecule has 4 rings (SSSR count). The molecular weight excluding hydrogens is 480 g/mol. The van der Waals surface area contributed by atoms with E-state index in [4.69, 9.17) is 9.84 Å². The zero-order valence-corrected chi connectivity index (χ0v) is 22.1. The molecule has 0 unspecified atom stereocenters. The molecule has 0 spiro atoms. The van der Waals surface area contributed by atoms with Crippen LogP contribution in [0.4, 0.5) is 5.82 Å². The van der Waals surface area contributed by atoms with E-state index >= 15 is 0 Å². The Morgan fingerprint density at radius 2 is 1.69 bits per heavy atom. The van der Waals surface area contributed by atoms with Gasteiger partial charge in [0, 0.05) is 31.2 Å². The second-order valence-corrected chi connectivity index (χ2v) is 11.9. The van der Waals surface area contributed by atoms with Crippen molar-refractivity contribution in [1.82, 2.24) is 14.1 Å². The Kier molecular flexibility index (Phi) is 8.14. The summed E-state index contributed by atoms with van der Waals surface area (Å²) in [6, 6.07) is 9.16. The van der Waals surface area contributed by atoms with Crippen LogP contribution in [0.2, 0.25) is 0 Å². The maximum atomic E-state index is 14.1. The number of para-hydroxylation sites is 1. The van der Waals surface area contributed by atoms with Crippen molar-refractivity contribution < 1.29 is 22.7 Å². The van der Waals surface area contributed by atoms with E-state index in [1.807, 2.05) is 30.3 Å². The Labute approximate surface area is 213 Å². The second kappa shape index (κ2) is 11.1. The van der Waals surface area contributed by atoms with Gasteiger partial charge in [-0.25, -0.2) is 22.2 Å². The quantitative estimate of drug-likeness (QED) is 0.521. The maximum absolute atomic E-state index is 14.1. The normalized spacial score (nSPS) is 21.8. The fourth-order valence-corrected chi connectivity index (χ4v) is 6.08. The summed E-state index contributed by atoms with van der Waals surface area (Å²) in [4.78, 5) is 28.8. The standard InChI is InChI=1S/C26H36N4O5S/c1-4-35-26(32)23-18-29(21-8-6-5-7-9-21)27-24(23)30(25(31)20-12-10-19(2)11-13-20)22-14-16-28(17-15-22)36(3,33)34/h5-9,18-20,22H,4,10-17H2,1-3H3/t19-,20-. The lowest BCUT2D eigenvalue weighted by atomic mass is 9.82. The van der Waals surface area contributed by atoms with Crippen LogP contribution in [0, 0.1) is 11.8 Å². The van der Waals surface area contributed by atoms with Crippen molar-refractivity contribution in [3.8, 4) is 5.69 Å². The minimum Gasteiger partial charge on any atom is -0.462 e. The largest absolute Gasteiger partial charge is 0.462 e. The molecule has 0 bridgehead atoms. The van der Waals surface area contributed by atoms with Crippen LogP contribution < -0.4 is 4.90 Å². The van der Waals surface area contributed by atoms with E-state index < -0.39 is 16.0 Å². The summed E-state index contributed by atoms with van der Waals surface area (Å²) in [5.41, 5.74) is 1.00. The maximum Gasteiger partial charge on any atom is 0.343 e. The number of rotatable bonds is 7. The van der Waals surface area contributed by atoms with Crippen LogP contribution in [0.5, 0.6) is 0 Å². The first-order valence-electron chi connectivity index (χ1n) is 12.8. The summed E-state index contributed by atoms with van der Waals surface area (Å²) >= 11 is 0. The topological polar surface area (TPSA) is 102 Å². The molecule has 1 aliphatic heterocycles. The molecular formula is C26H36N4O5S. The van der Waals surface area contributed by atoms with Gasteiger partial charge in [0.05, 0.1) is 18.6 Å². The van der Waals surface area contributed by atoms with Crippen molar-refractivity contribution in [3.05, 3.63) is 42.1 Å². The van der Waals surface area contributed by atoms with Gasteiger partial charge in [0.1, 0.15) is 5.56 Å². The molecule has 0 atom stereocenters. The fraction of sp³-hybridized carbons (Fsp3) is 0.577. The van der Waals surface area contributed by atoms with Crippen LogP contribution in [0.3, 0.4) is 0 Å². The Hall–Kier alpha value is -2.72. The fourth-order valence-electron chi connectivity index (χ4n) is 5.20. The Morgan fingerprint density at radius 1 is 1.06 bits per heavy atom. The van der Waals surface area contributed by atoms with E-state index in [1.54, 1.807) is 22.7 Å². The number of carbonyl (C=O) groups is 2. The van der Waals surface area contributed by atoms with Gasteiger partial charge in [0.15, 0.2) is 5.82 Å². The van der Waals surface area contributed by atoms with Gasteiger partial charge in [-0.3, -0.25) is 9.69 Å². The molecule has 1 saturated carbocycles. The molecule has 1 aromatic heterocycles. The molecule has 0 N–H and O–H groups in total. The molecule has 9 nitrogen and oxygen atoms in total. The van der Waals surface area contributed by atoms with Gasteiger partial charge in [0.25, 0.3) is 0 Å². The number of benzene rings is 1. The number of anilines is 1. The van der Waals surface area contributed by atoms with Gasteiger partial charge in [-0.05, 0) is 63.5 Å². The van der Waals surface area contributed by atoms with E-state index in [0.717, 1.165) is 31.4 Å². The van der Waals surface area contributed by atoms with Gasteiger partial charge in [-0.1, -0.05) is 25.1 Å². The summed E-state index contributed by atoms with van der Waals surface area (Å²) in [5.74, 6) is 0.166. The molecule has 196 valence electrons. The Bertz CT molecular complexity index is 1160. The molecule has 2 aromatic rings. The molecule has 1 saturated heterocycles. The Balaban J connectivity index is 1.74. The average molecular weight is 517 g/mol. The smallest absolute Gasteiger partial charge is 0.343 e. The molecule has 2 aliphatic rings. The average Bonchev–Trinajstić information content (AvgIpc) is 3.30. The van der Waals surface area contributed by atoms with Gasteiger partial charge < -0.3 is 4.74 Å². The van der Waals surface area contributed by atoms with Gasteiger partial charge in [-0.15, -0.1) is 5.10 Å². The minimum absolute atomic E-state index is 0.0384. The first-order chi connectivity index (χ1) is 17.2.